The number of halogens is 1. The molecule has 0 bridgehead atoms. The average Bonchev–Trinajstić information content (AvgIpc) is 2.89. The molecule has 112 valence electrons. The third-order valence-corrected chi connectivity index (χ3v) is 2.59. The Labute approximate surface area is 121 Å². The monoisotopic (exact) mass is 292 g/mol. The molecule has 0 atom stereocenters. The van der Waals surface area contributed by atoms with Gasteiger partial charge in [0, 0.05) is 6.04 Å². The Bertz CT molecular complexity index is 595. The van der Waals surface area contributed by atoms with E-state index < -0.39 is 0 Å². The minimum Gasteiger partial charge on any atom is -0.492 e. The zero-order chi connectivity index (χ0) is 15.2. The van der Waals surface area contributed by atoms with Gasteiger partial charge in [-0.25, -0.2) is 9.07 Å². The third-order valence-electron chi connectivity index (χ3n) is 2.59. The van der Waals surface area contributed by atoms with E-state index in [9.17, 15) is 9.18 Å². The molecule has 0 aliphatic carbocycles. The molecule has 0 saturated carbocycles. The van der Waals surface area contributed by atoms with Crippen molar-refractivity contribution in [2.24, 2.45) is 0 Å². The Morgan fingerprint density at radius 2 is 2.10 bits per heavy atom. The molecule has 0 aliphatic rings. The summed E-state index contributed by atoms with van der Waals surface area (Å²) in [5, 5.41) is 10.4. The number of hydrogen-bond acceptors (Lipinski definition) is 4. The summed E-state index contributed by atoms with van der Waals surface area (Å²) in [6.45, 7) is 4.54. The van der Waals surface area contributed by atoms with Crippen molar-refractivity contribution in [2.45, 2.75) is 26.4 Å². The Morgan fingerprint density at radius 1 is 1.38 bits per heavy atom. The van der Waals surface area contributed by atoms with Gasteiger partial charge in [-0.05, 0) is 38.1 Å². The van der Waals surface area contributed by atoms with Gasteiger partial charge in [-0.2, -0.15) is 0 Å². The molecule has 1 heterocycles. The normalized spacial score (nSPS) is 10.7. The van der Waals surface area contributed by atoms with Gasteiger partial charge in [0.25, 0.3) is 5.91 Å². The average molecular weight is 292 g/mol. The summed E-state index contributed by atoms with van der Waals surface area (Å²) in [5.41, 5.74) is 0.269. The van der Waals surface area contributed by atoms with Gasteiger partial charge in [-0.15, -0.1) is 5.10 Å². The molecule has 1 amide bonds. The summed E-state index contributed by atoms with van der Waals surface area (Å²) in [7, 11) is 0. The van der Waals surface area contributed by atoms with Crippen LogP contribution in [0.5, 0.6) is 5.75 Å². The van der Waals surface area contributed by atoms with Crippen LogP contribution in [0.4, 0.5) is 4.39 Å². The first kappa shape index (κ1) is 15.0. The van der Waals surface area contributed by atoms with Crippen LogP contribution in [0.25, 0.3) is 0 Å². The predicted octanol–water partition coefficient (Wildman–Crippen LogP) is 1.63. The van der Waals surface area contributed by atoms with E-state index in [1.54, 1.807) is 18.3 Å². The first-order chi connectivity index (χ1) is 10.0. The Balaban J connectivity index is 1.82. The number of benzene rings is 1. The number of rotatable bonds is 6. The van der Waals surface area contributed by atoms with E-state index >= 15 is 0 Å². The first-order valence-corrected chi connectivity index (χ1v) is 6.64. The third kappa shape index (κ3) is 4.55. The highest BCUT2D eigenvalue weighted by molar-refractivity contribution is 5.91. The molecule has 1 aromatic carbocycles. The van der Waals surface area contributed by atoms with Crippen molar-refractivity contribution in [1.29, 1.82) is 0 Å². The molecule has 1 N–H and O–H groups in total. The second-order valence-electron chi connectivity index (χ2n) is 4.80. The lowest BCUT2D eigenvalue weighted by Crippen LogP contribution is -2.30. The van der Waals surface area contributed by atoms with E-state index in [-0.39, 0.29) is 23.5 Å². The highest BCUT2D eigenvalue weighted by atomic mass is 19.1. The maximum atomic E-state index is 12.7. The number of ether oxygens (including phenoxy) is 1. The summed E-state index contributed by atoms with van der Waals surface area (Å²) in [4.78, 5) is 11.7. The Morgan fingerprint density at radius 3 is 2.76 bits per heavy atom. The second kappa shape index (κ2) is 6.83. The molecule has 1 aromatic heterocycles. The Hall–Kier alpha value is -2.44. The zero-order valence-electron chi connectivity index (χ0n) is 11.9. The predicted molar refractivity (Wildman–Crippen MR) is 74.5 cm³/mol. The molecule has 2 aromatic rings. The van der Waals surface area contributed by atoms with E-state index in [1.807, 2.05) is 13.8 Å². The lowest BCUT2D eigenvalue weighted by molar-refractivity contribution is 0.0938. The molecule has 0 radical (unpaired) electrons. The van der Waals surface area contributed by atoms with Gasteiger partial charge in [0.1, 0.15) is 18.2 Å². The lowest BCUT2D eigenvalue weighted by Gasteiger charge is -2.06. The van der Waals surface area contributed by atoms with E-state index in [4.69, 9.17) is 4.74 Å². The summed E-state index contributed by atoms with van der Waals surface area (Å²) in [6, 6.07) is 5.82. The van der Waals surface area contributed by atoms with Crippen molar-refractivity contribution in [3.63, 3.8) is 0 Å². The van der Waals surface area contributed by atoms with Crippen LogP contribution in [-0.4, -0.2) is 33.5 Å². The number of nitrogens with one attached hydrogen (secondary N) is 1. The standard InChI is InChI=1S/C14H17FN4O2/c1-10(2)16-14(20)13-9-19(18-17-13)7-8-21-12-5-3-11(15)4-6-12/h3-6,9-10H,7-8H2,1-2H3,(H,16,20). The molecular formula is C14H17FN4O2. The molecular weight excluding hydrogens is 275 g/mol. The number of aromatic nitrogens is 3. The second-order valence-corrected chi connectivity index (χ2v) is 4.80. The smallest absolute Gasteiger partial charge is 0.273 e. The molecule has 7 heteroatoms. The summed E-state index contributed by atoms with van der Waals surface area (Å²) >= 11 is 0. The van der Waals surface area contributed by atoms with Crippen molar-refractivity contribution >= 4 is 5.91 Å². The lowest BCUT2D eigenvalue weighted by atomic mass is 10.3. The molecule has 6 nitrogen and oxygen atoms in total. The van der Waals surface area contributed by atoms with Gasteiger partial charge < -0.3 is 10.1 Å². The van der Waals surface area contributed by atoms with Crippen molar-refractivity contribution in [3.8, 4) is 5.75 Å². The Kier molecular flexibility index (Phi) is 4.86. The highest BCUT2D eigenvalue weighted by Gasteiger charge is 2.11. The SMILES string of the molecule is CC(C)NC(=O)c1cn(CCOc2ccc(F)cc2)nn1. The van der Waals surface area contributed by atoms with E-state index in [2.05, 4.69) is 15.6 Å². The van der Waals surface area contributed by atoms with Gasteiger partial charge in [0.15, 0.2) is 5.69 Å². The highest BCUT2D eigenvalue weighted by Crippen LogP contribution is 2.10. The minimum atomic E-state index is -0.306. The minimum absolute atomic E-state index is 0.0458. The van der Waals surface area contributed by atoms with Crippen LogP contribution in [0, 0.1) is 5.82 Å². The van der Waals surface area contributed by atoms with Crippen molar-refractivity contribution in [2.75, 3.05) is 6.61 Å². The number of amides is 1. The fraction of sp³-hybridized carbons (Fsp3) is 0.357. The maximum Gasteiger partial charge on any atom is 0.273 e. The quantitative estimate of drug-likeness (QED) is 0.878. The molecule has 21 heavy (non-hydrogen) atoms. The summed E-state index contributed by atoms with van der Waals surface area (Å²) in [5.74, 6) is 0.0180. The summed E-state index contributed by atoms with van der Waals surface area (Å²) in [6.07, 6.45) is 1.56. The molecule has 0 aliphatic heterocycles. The van der Waals surface area contributed by atoms with E-state index in [0.717, 1.165) is 0 Å². The van der Waals surface area contributed by atoms with E-state index in [0.29, 0.717) is 18.9 Å². The number of carbonyl (C=O) groups is 1. The van der Waals surface area contributed by atoms with Crippen molar-refractivity contribution in [3.05, 3.63) is 42.0 Å². The largest absolute Gasteiger partial charge is 0.492 e. The molecule has 0 unspecified atom stereocenters. The molecule has 2 rings (SSSR count). The van der Waals surface area contributed by atoms with E-state index in [1.165, 1.54) is 16.8 Å². The van der Waals surface area contributed by atoms with Gasteiger partial charge in [0.05, 0.1) is 12.7 Å². The van der Waals surface area contributed by atoms with Crippen molar-refractivity contribution in [1.82, 2.24) is 20.3 Å². The number of carbonyl (C=O) groups excluding carboxylic acids is 1. The van der Waals surface area contributed by atoms with Gasteiger partial charge in [-0.1, -0.05) is 5.21 Å². The summed E-state index contributed by atoms with van der Waals surface area (Å²) < 4.78 is 19.7. The van der Waals surface area contributed by atoms with Gasteiger partial charge in [-0.3, -0.25) is 4.79 Å². The van der Waals surface area contributed by atoms with Crippen LogP contribution in [0.3, 0.4) is 0 Å². The van der Waals surface area contributed by atoms with Crippen LogP contribution < -0.4 is 10.1 Å². The van der Waals surface area contributed by atoms with Crippen molar-refractivity contribution < 1.29 is 13.9 Å². The molecule has 0 saturated heterocycles. The van der Waals surface area contributed by atoms with Crippen LogP contribution in [0.15, 0.2) is 30.5 Å². The van der Waals surface area contributed by atoms with Crippen LogP contribution in [-0.2, 0) is 6.54 Å². The number of hydrogen-bond donors (Lipinski definition) is 1. The molecule has 0 spiro atoms. The fourth-order valence-electron chi connectivity index (χ4n) is 1.64. The maximum absolute atomic E-state index is 12.7. The first-order valence-electron chi connectivity index (χ1n) is 6.64. The van der Waals surface area contributed by atoms with Crippen LogP contribution >= 0.6 is 0 Å². The van der Waals surface area contributed by atoms with Crippen LogP contribution in [0.1, 0.15) is 24.3 Å². The topological polar surface area (TPSA) is 69.0 Å². The fourth-order valence-corrected chi connectivity index (χ4v) is 1.64. The van der Waals surface area contributed by atoms with Gasteiger partial charge >= 0.3 is 0 Å². The zero-order valence-corrected chi connectivity index (χ0v) is 11.9. The number of nitrogens with zero attached hydrogens (tertiary/aromatic N) is 3. The molecule has 0 fully saturated rings. The van der Waals surface area contributed by atoms with Gasteiger partial charge in [0.2, 0.25) is 0 Å². The van der Waals surface area contributed by atoms with Crippen LogP contribution in [0.2, 0.25) is 0 Å².